The first-order valence-corrected chi connectivity index (χ1v) is 22.6. The van der Waals surface area contributed by atoms with Crippen molar-refractivity contribution in [3.63, 3.8) is 0 Å². The van der Waals surface area contributed by atoms with Gasteiger partial charge in [0.1, 0.15) is 28.7 Å². The van der Waals surface area contributed by atoms with Crippen molar-refractivity contribution in [3.05, 3.63) is 117 Å². The van der Waals surface area contributed by atoms with Crippen molar-refractivity contribution in [1.82, 2.24) is 19.6 Å². The Morgan fingerprint density at radius 3 is 2.61 bits per heavy atom. The highest BCUT2D eigenvalue weighted by molar-refractivity contribution is 7.90. The molecule has 1 amide bonds. The number of piperazine rings is 1. The fourth-order valence-corrected chi connectivity index (χ4v) is 9.61. The molecule has 0 saturated carbocycles. The molecule has 0 radical (unpaired) electrons. The number of benzene rings is 3. The first-order chi connectivity index (χ1) is 29.7. The summed E-state index contributed by atoms with van der Waals surface area (Å²) < 4.78 is 56.3. The molecule has 14 nitrogen and oxygen atoms in total. The second-order valence-corrected chi connectivity index (χ2v) is 19.1. The van der Waals surface area contributed by atoms with Crippen LogP contribution in [0.5, 0.6) is 11.5 Å². The van der Waals surface area contributed by atoms with E-state index in [0.717, 1.165) is 74.5 Å². The van der Waals surface area contributed by atoms with E-state index in [1.54, 1.807) is 36.5 Å². The second kappa shape index (κ2) is 18.0. The van der Waals surface area contributed by atoms with Crippen molar-refractivity contribution in [3.8, 4) is 11.5 Å². The first kappa shape index (κ1) is 43.1. The molecule has 3 N–H and O–H groups in total. The van der Waals surface area contributed by atoms with E-state index >= 15 is 4.39 Å². The second-order valence-electron chi connectivity index (χ2n) is 17.0. The zero-order valence-electron chi connectivity index (χ0n) is 34.6. The highest BCUT2D eigenvalue weighted by atomic mass is 35.5. The van der Waals surface area contributed by atoms with E-state index in [-0.39, 0.29) is 34.2 Å². The van der Waals surface area contributed by atoms with Gasteiger partial charge in [-0.15, -0.1) is 0 Å². The van der Waals surface area contributed by atoms with Crippen LogP contribution in [0.2, 0.25) is 5.02 Å². The zero-order valence-corrected chi connectivity index (χ0v) is 36.2. The molecule has 0 spiro atoms. The fourth-order valence-electron chi connectivity index (χ4n) is 8.46. The summed E-state index contributed by atoms with van der Waals surface area (Å²) in [4.78, 5) is 36.9. The Bertz CT molecular complexity index is 2640. The van der Waals surface area contributed by atoms with Crippen LogP contribution < -0.4 is 19.7 Å². The topological polar surface area (TPSA) is 172 Å². The van der Waals surface area contributed by atoms with Gasteiger partial charge in [0.25, 0.3) is 21.6 Å². The van der Waals surface area contributed by atoms with Crippen LogP contribution in [0.15, 0.2) is 89.6 Å². The van der Waals surface area contributed by atoms with Crippen LogP contribution in [-0.2, 0) is 14.8 Å². The quantitative estimate of drug-likeness (QED) is 0.0762. The third-order valence-corrected chi connectivity index (χ3v) is 13.6. The number of carbonyl (C=O) groups excluding carboxylic acids is 1. The summed E-state index contributed by atoms with van der Waals surface area (Å²) in [7, 11) is -4.58. The number of nitro benzene ring substituents is 1. The Morgan fingerprint density at radius 1 is 1.06 bits per heavy atom. The average molecular weight is 886 g/mol. The SMILES string of the molecule is CC1(C)CCC(CN2CCN(c3ccc(C(=O)NS(=O)(=O)c4ccc(NCC5CCOCC5)c([N+](=O)[O-])c4)c(Oc4cnc5[nH]ccc5c4)c3)CC2)=C(c2ccc(Cl)cc2F)C1. The number of nitro groups is 1. The zero-order chi connectivity index (χ0) is 43.6. The minimum absolute atomic E-state index is 0.0503. The van der Waals surface area contributed by atoms with Crippen molar-refractivity contribution in [2.45, 2.75) is 50.8 Å². The summed E-state index contributed by atoms with van der Waals surface area (Å²) in [6.07, 6.45) is 7.54. The van der Waals surface area contributed by atoms with Gasteiger partial charge in [0.15, 0.2) is 0 Å². The highest BCUT2D eigenvalue weighted by Crippen LogP contribution is 2.44. The minimum Gasteiger partial charge on any atom is -0.455 e. The molecule has 2 saturated heterocycles. The summed E-state index contributed by atoms with van der Waals surface area (Å²) in [6, 6.07) is 17.0. The number of aromatic amines is 1. The van der Waals surface area contributed by atoms with Gasteiger partial charge in [0, 0.05) is 92.5 Å². The molecule has 0 bridgehead atoms. The standard InChI is InChI=1S/C45H49ClFN7O7S/c1-45(2)13-9-31(38(25-45)36-6-3-32(46)22-39(36)47)28-52-15-17-53(18-16-52)33-4-7-37(42(23-33)61-34-21-30-10-14-48-43(30)50-27-34)44(55)51-62(58,59)35-5-8-40(41(24-35)54(56)57)49-26-29-11-19-60-20-12-29/h3-8,10,14,21-24,27,29,49H,9,11-13,15-20,25-26,28H2,1-2H3,(H,48,50)(H,51,55). The molecule has 8 rings (SSSR count). The lowest BCUT2D eigenvalue weighted by Crippen LogP contribution is -2.47. The van der Waals surface area contributed by atoms with Gasteiger partial charge in [0.2, 0.25) is 0 Å². The van der Waals surface area contributed by atoms with Crippen LogP contribution in [0, 0.1) is 27.3 Å². The van der Waals surface area contributed by atoms with Gasteiger partial charge in [-0.25, -0.2) is 22.5 Å². The number of nitrogens with zero attached hydrogens (tertiary/aromatic N) is 4. The lowest BCUT2D eigenvalue weighted by atomic mass is 9.72. The molecular weight excluding hydrogens is 837 g/mol. The number of H-pyrrole nitrogens is 1. The molecule has 3 aliphatic rings. The minimum atomic E-state index is -4.58. The predicted octanol–water partition coefficient (Wildman–Crippen LogP) is 8.80. The molecule has 2 fully saturated rings. The number of fused-ring (bicyclic) bond motifs is 1. The number of pyridine rings is 1. The molecule has 5 aromatic rings. The molecule has 4 heterocycles. The van der Waals surface area contributed by atoms with Crippen molar-refractivity contribution >= 4 is 61.2 Å². The van der Waals surface area contributed by atoms with Gasteiger partial charge in [0.05, 0.1) is 21.6 Å². The number of aromatic nitrogens is 2. The summed E-state index contributed by atoms with van der Waals surface area (Å²) in [5, 5.41) is 16.3. The average Bonchev–Trinajstić information content (AvgIpc) is 3.72. The molecule has 0 atom stereocenters. The lowest BCUT2D eigenvalue weighted by molar-refractivity contribution is -0.384. The summed E-state index contributed by atoms with van der Waals surface area (Å²) in [5.74, 6) is -0.603. The van der Waals surface area contributed by atoms with E-state index < -0.39 is 31.4 Å². The number of carbonyl (C=O) groups is 1. The Balaban J connectivity index is 1.01. The Kier molecular flexibility index (Phi) is 12.5. The van der Waals surface area contributed by atoms with Gasteiger partial charge in [-0.3, -0.25) is 19.8 Å². The third-order valence-electron chi connectivity index (χ3n) is 12.0. The number of anilines is 2. The van der Waals surface area contributed by atoms with Crippen LogP contribution in [0.3, 0.4) is 0 Å². The largest absolute Gasteiger partial charge is 0.455 e. The summed E-state index contributed by atoms with van der Waals surface area (Å²) in [5.41, 5.74) is 4.04. The fraction of sp³-hybridized carbons (Fsp3) is 0.378. The third kappa shape index (κ3) is 9.88. The van der Waals surface area contributed by atoms with Crippen LogP contribution in [0.25, 0.3) is 16.6 Å². The molecule has 17 heteroatoms. The van der Waals surface area contributed by atoms with Crippen LogP contribution in [0.1, 0.15) is 61.9 Å². The van der Waals surface area contributed by atoms with E-state index in [2.05, 4.69) is 43.7 Å². The van der Waals surface area contributed by atoms with E-state index in [9.17, 15) is 23.3 Å². The van der Waals surface area contributed by atoms with Crippen molar-refractivity contribution in [2.75, 3.05) is 62.7 Å². The Labute approximate surface area is 364 Å². The molecular formula is C45H49ClFN7O7S. The number of halogens is 2. The van der Waals surface area contributed by atoms with Crippen molar-refractivity contribution in [1.29, 1.82) is 0 Å². The van der Waals surface area contributed by atoms with Crippen LogP contribution in [-0.4, -0.2) is 86.6 Å². The Morgan fingerprint density at radius 2 is 1.85 bits per heavy atom. The van der Waals surface area contributed by atoms with E-state index in [1.165, 1.54) is 36.0 Å². The number of hydrogen-bond donors (Lipinski definition) is 3. The lowest BCUT2D eigenvalue weighted by Gasteiger charge is -2.39. The smallest absolute Gasteiger partial charge is 0.293 e. The first-order valence-electron chi connectivity index (χ1n) is 20.8. The maximum Gasteiger partial charge on any atom is 0.293 e. The Hall–Kier alpha value is -5.55. The molecule has 2 aromatic heterocycles. The maximum atomic E-state index is 15.2. The number of sulfonamides is 1. The summed E-state index contributed by atoms with van der Waals surface area (Å²) in [6.45, 7) is 9.62. The molecule has 1 aliphatic carbocycles. The maximum absolute atomic E-state index is 15.2. The van der Waals surface area contributed by atoms with Crippen molar-refractivity contribution in [2.24, 2.45) is 11.3 Å². The van der Waals surface area contributed by atoms with E-state index in [0.29, 0.717) is 54.8 Å². The number of rotatable bonds is 13. The highest BCUT2D eigenvalue weighted by Gasteiger charge is 2.31. The number of ether oxygens (including phenoxy) is 2. The van der Waals surface area contributed by atoms with Crippen molar-refractivity contribution < 1.29 is 32.0 Å². The van der Waals surface area contributed by atoms with Gasteiger partial charge in [-0.1, -0.05) is 37.1 Å². The number of hydrogen-bond acceptors (Lipinski definition) is 11. The van der Waals surface area contributed by atoms with Gasteiger partial charge in [-0.05, 0) is 97.5 Å². The van der Waals surface area contributed by atoms with Crippen LogP contribution >= 0.6 is 11.6 Å². The number of allylic oxidation sites excluding steroid dienone is 1. The normalized spacial score (nSPS) is 17.6. The molecule has 3 aromatic carbocycles. The summed E-state index contributed by atoms with van der Waals surface area (Å²) >= 11 is 6.10. The number of nitrogens with one attached hydrogen (secondary N) is 3. The van der Waals surface area contributed by atoms with Gasteiger partial charge < -0.3 is 24.7 Å². The number of amides is 1. The molecule has 326 valence electrons. The monoisotopic (exact) mass is 885 g/mol. The van der Waals surface area contributed by atoms with Crippen LogP contribution in [0.4, 0.5) is 21.5 Å². The van der Waals surface area contributed by atoms with Gasteiger partial charge >= 0.3 is 0 Å². The molecule has 0 unspecified atom stereocenters. The predicted molar refractivity (Wildman–Crippen MR) is 237 cm³/mol. The van der Waals surface area contributed by atoms with Gasteiger partial charge in [-0.2, -0.15) is 0 Å². The van der Waals surface area contributed by atoms with E-state index in [4.69, 9.17) is 21.1 Å². The van der Waals surface area contributed by atoms with E-state index in [1.807, 2.05) is 6.07 Å². The molecule has 2 aliphatic heterocycles. The molecule has 62 heavy (non-hydrogen) atoms.